The van der Waals surface area contributed by atoms with Crippen LogP contribution in [-0.2, 0) is 4.74 Å². The number of ether oxygens (including phenoxy) is 1. The molecule has 1 aliphatic carbocycles. The Balaban J connectivity index is 0.00000256. The number of hydrogen-bond donors (Lipinski definition) is 2. The van der Waals surface area contributed by atoms with Crippen molar-refractivity contribution in [1.82, 2.24) is 10.6 Å². The molecule has 0 radical (unpaired) electrons. The molecule has 0 amide bonds. The monoisotopic (exact) mass is 355 g/mol. The number of nitrogens with one attached hydrogen (secondary N) is 2. The zero-order valence-corrected chi connectivity index (χ0v) is 13.5. The number of nitrogens with zero attached hydrogens (tertiary/aromatic N) is 1. The summed E-state index contributed by atoms with van der Waals surface area (Å²) in [6.07, 6.45) is 3.58. The first-order valence-electron chi connectivity index (χ1n) is 6.27. The fraction of sp³-hybridized carbons (Fsp3) is 0.917. The Kier molecular flexibility index (Phi) is 9.91. The molecule has 2 N–H and O–H groups in total. The van der Waals surface area contributed by atoms with Gasteiger partial charge in [-0.2, -0.15) is 0 Å². The molecule has 0 aromatic carbocycles. The van der Waals surface area contributed by atoms with Gasteiger partial charge in [0.25, 0.3) is 0 Å². The predicted octanol–water partition coefficient (Wildman–Crippen LogP) is 1.99. The van der Waals surface area contributed by atoms with Crippen LogP contribution >= 0.6 is 24.0 Å². The number of hydrogen-bond acceptors (Lipinski definition) is 2. The maximum Gasteiger partial charge on any atom is 0.191 e. The van der Waals surface area contributed by atoms with Gasteiger partial charge in [-0.15, -0.1) is 24.0 Å². The molecule has 0 spiro atoms. The van der Waals surface area contributed by atoms with Crippen molar-refractivity contribution in [2.45, 2.75) is 39.2 Å². The Bertz CT molecular complexity index is 218. The lowest BCUT2D eigenvalue weighted by Crippen LogP contribution is -2.39. The van der Waals surface area contributed by atoms with Gasteiger partial charge in [0.1, 0.15) is 0 Å². The third kappa shape index (κ3) is 9.64. The van der Waals surface area contributed by atoms with Gasteiger partial charge in [0.2, 0.25) is 0 Å². The summed E-state index contributed by atoms with van der Waals surface area (Å²) in [7, 11) is 1.81. The Morgan fingerprint density at radius 3 is 2.65 bits per heavy atom. The highest BCUT2D eigenvalue weighted by molar-refractivity contribution is 14.0. The van der Waals surface area contributed by atoms with Crippen LogP contribution < -0.4 is 10.6 Å². The van der Waals surface area contributed by atoms with Crippen LogP contribution in [-0.4, -0.2) is 38.8 Å². The summed E-state index contributed by atoms with van der Waals surface area (Å²) in [6, 6.07) is 0.656. The van der Waals surface area contributed by atoms with E-state index in [0.717, 1.165) is 32.1 Å². The molecular weight excluding hydrogens is 329 g/mol. The normalized spacial score (nSPS) is 15.6. The summed E-state index contributed by atoms with van der Waals surface area (Å²) < 4.78 is 5.50. The third-order valence-electron chi connectivity index (χ3n) is 2.35. The number of guanidine groups is 1. The highest BCUT2D eigenvalue weighted by atomic mass is 127. The molecule has 4 nitrogen and oxygen atoms in total. The molecule has 1 rings (SSSR count). The second-order valence-corrected chi connectivity index (χ2v) is 4.74. The molecule has 0 unspecified atom stereocenters. The molecule has 5 heteroatoms. The standard InChI is InChI=1S/C12H25N3O.HI/c1-10(2)9-16-8-4-7-14-12(13-3)15-11-5-6-11;/h10-11H,4-9H2,1-3H3,(H2,13,14,15);1H. The van der Waals surface area contributed by atoms with Crippen LogP contribution in [0.2, 0.25) is 0 Å². The van der Waals surface area contributed by atoms with Crippen molar-refractivity contribution in [2.75, 3.05) is 26.8 Å². The van der Waals surface area contributed by atoms with Crippen molar-refractivity contribution in [2.24, 2.45) is 10.9 Å². The molecule has 1 aliphatic rings. The molecule has 1 saturated carbocycles. The first-order valence-corrected chi connectivity index (χ1v) is 6.27. The zero-order chi connectivity index (χ0) is 11.8. The summed E-state index contributed by atoms with van der Waals surface area (Å²) in [5, 5.41) is 6.64. The smallest absolute Gasteiger partial charge is 0.191 e. The molecule has 0 heterocycles. The average Bonchev–Trinajstić information content (AvgIpc) is 3.04. The lowest BCUT2D eigenvalue weighted by Gasteiger charge is -2.11. The molecule has 0 aromatic heterocycles. The van der Waals surface area contributed by atoms with E-state index in [-0.39, 0.29) is 24.0 Å². The van der Waals surface area contributed by atoms with E-state index in [2.05, 4.69) is 29.5 Å². The minimum absolute atomic E-state index is 0. The van der Waals surface area contributed by atoms with Gasteiger partial charge in [0.15, 0.2) is 5.96 Å². The Labute approximate surface area is 122 Å². The van der Waals surface area contributed by atoms with Crippen molar-refractivity contribution in [3.05, 3.63) is 0 Å². The lowest BCUT2D eigenvalue weighted by molar-refractivity contribution is 0.108. The third-order valence-corrected chi connectivity index (χ3v) is 2.35. The van der Waals surface area contributed by atoms with Gasteiger partial charge in [-0.3, -0.25) is 4.99 Å². The number of aliphatic imine (C=N–C) groups is 1. The van der Waals surface area contributed by atoms with Crippen molar-refractivity contribution < 1.29 is 4.74 Å². The van der Waals surface area contributed by atoms with Crippen LogP contribution in [0.25, 0.3) is 0 Å². The van der Waals surface area contributed by atoms with Crippen molar-refractivity contribution in [3.8, 4) is 0 Å². The summed E-state index contributed by atoms with van der Waals surface area (Å²) in [5.41, 5.74) is 0. The van der Waals surface area contributed by atoms with Crippen LogP contribution in [0.15, 0.2) is 4.99 Å². The van der Waals surface area contributed by atoms with Crippen molar-refractivity contribution in [1.29, 1.82) is 0 Å². The van der Waals surface area contributed by atoms with E-state index in [1.807, 2.05) is 7.05 Å². The highest BCUT2D eigenvalue weighted by Crippen LogP contribution is 2.18. The maximum absolute atomic E-state index is 5.50. The molecule has 0 bridgehead atoms. The predicted molar refractivity (Wildman–Crippen MR) is 83.2 cm³/mol. The quantitative estimate of drug-likeness (QED) is 0.318. The molecular formula is C12H26IN3O. The minimum atomic E-state index is 0. The van der Waals surface area contributed by atoms with Gasteiger partial charge >= 0.3 is 0 Å². The zero-order valence-electron chi connectivity index (χ0n) is 11.2. The van der Waals surface area contributed by atoms with Gasteiger partial charge in [0.05, 0.1) is 0 Å². The summed E-state index contributed by atoms with van der Waals surface area (Å²) >= 11 is 0. The second-order valence-electron chi connectivity index (χ2n) is 4.74. The van der Waals surface area contributed by atoms with Crippen LogP contribution in [0.4, 0.5) is 0 Å². The van der Waals surface area contributed by atoms with Crippen LogP contribution in [0.1, 0.15) is 33.1 Å². The summed E-state index contributed by atoms with van der Waals surface area (Å²) in [5.74, 6) is 1.55. The molecule has 0 atom stereocenters. The topological polar surface area (TPSA) is 45.7 Å². The van der Waals surface area contributed by atoms with Gasteiger partial charge in [0, 0.05) is 32.8 Å². The Morgan fingerprint density at radius 2 is 2.12 bits per heavy atom. The number of rotatable bonds is 7. The fourth-order valence-electron chi connectivity index (χ4n) is 1.32. The number of halogens is 1. The van der Waals surface area contributed by atoms with E-state index in [1.54, 1.807) is 0 Å². The molecule has 1 fully saturated rings. The average molecular weight is 355 g/mol. The Hall–Kier alpha value is -0.0400. The second kappa shape index (κ2) is 9.94. The molecule has 102 valence electrons. The van der Waals surface area contributed by atoms with E-state index < -0.39 is 0 Å². The maximum atomic E-state index is 5.50. The minimum Gasteiger partial charge on any atom is -0.381 e. The first-order chi connectivity index (χ1) is 7.72. The van der Waals surface area contributed by atoms with Gasteiger partial charge < -0.3 is 15.4 Å². The van der Waals surface area contributed by atoms with Crippen LogP contribution in [0.5, 0.6) is 0 Å². The highest BCUT2D eigenvalue weighted by Gasteiger charge is 2.21. The van der Waals surface area contributed by atoms with Gasteiger partial charge in [-0.25, -0.2) is 0 Å². The van der Waals surface area contributed by atoms with Crippen LogP contribution in [0, 0.1) is 5.92 Å². The lowest BCUT2D eigenvalue weighted by atomic mass is 10.2. The molecule has 0 aromatic rings. The van der Waals surface area contributed by atoms with E-state index in [1.165, 1.54) is 12.8 Å². The van der Waals surface area contributed by atoms with E-state index in [4.69, 9.17) is 4.74 Å². The van der Waals surface area contributed by atoms with Crippen LogP contribution in [0.3, 0.4) is 0 Å². The molecule has 17 heavy (non-hydrogen) atoms. The Morgan fingerprint density at radius 1 is 1.41 bits per heavy atom. The van der Waals surface area contributed by atoms with Crippen molar-refractivity contribution >= 4 is 29.9 Å². The van der Waals surface area contributed by atoms with Gasteiger partial charge in [-0.05, 0) is 25.2 Å². The van der Waals surface area contributed by atoms with Crippen molar-refractivity contribution in [3.63, 3.8) is 0 Å². The van der Waals surface area contributed by atoms with E-state index in [0.29, 0.717) is 12.0 Å². The molecule has 0 saturated heterocycles. The fourth-order valence-corrected chi connectivity index (χ4v) is 1.32. The van der Waals surface area contributed by atoms with Gasteiger partial charge in [-0.1, -0.05) is 13.8 Å². The summed E-state index contributed by atoms with van der Waals surface area (Å²) in [4.78, 5) is 4.17. The largest absolute Gasteiger partial charge is 0.381 e. The molecule has 0 aliphatic heterocycles. The summed E-state index contributed by atoms with van der Waals surface area (Å²) in [6.45, 7) is 6.93. The van der Waals surface area contributed by atoms with E-state index >= 15 is 0 Å². The first kappa shape index (κ1) is 17.0. The SMILES string of the molecule is CN=C(NCCCOCC(C)C)NC1CC1.I. The van der Waals surface area contributed by atoms with E-state index in [9.17, 15) is 0 Å².